The van der Waals surface area contributed by atoms with Crippen LogP contribution in [-0.2, 0) is 0 Å². The van der Waals surface area contributed by atoms with E-state index >= 15 is 0 Å². The van der Waals surface area contributed by atoms with Crippen LogP contribution in [0.4, 0.5) is 0 Å². The number of benzene rings is 1. The van der Waals surface area contributed by atoms with Gasteiger partial charge in [0.2, 0.25) is 0 Å². The van der Waals surface area contributed by atoms with Gasteiger partial charge in [-0.3, -0.25) is 4.79 Å². The van der Waals surface area contributed by atoms with Crippen LogP contribution in [0.25, 0.3) is 0 Å². The minimum absolute atomic E-state index is 0.106. The Balaban J connectivity index is 3.22. The molecule has 0 atom stereocenters. The maximum absolute atomic E-state index is 12.2. The van der Waals surface area contributed by atoms with E-state index in [1.165, 1.54) is 14.2 Å². The summed E-state index contributed by atoms with van der Waals surface area (Å²) in [5, 5.41) is 0.286. The van der Waals surface area contributed by atoms with E-state index in [4.69, 9.17) is 21.1 Å². The van der Waals surface area contributed by atoms with Crippen molar-refractivity contribution < 1.29 is 14.3 Å². The Labute approximate surface area is 112 Å². The number of ether oxygens (including phenoxy) is 2. The number of amides is 1. The Kier molecular flexibility index (Phi) is 5.28. The Morgan fingerprint density at radius 3 is 2.28 bits per heavy atom. The van der Waals surface area contributed by atoms with Crippen molar-refractivity contribution in [3.63, 3.8) is 0 Å². The second kappa shape index (κ2) is 6.50. The molecule has 0 bridgehead atoms. The molecule has 1 aromatic rings. The molecule has 1 aromatic carbocycles. The molecule has 0 aliphatic heterocycles. The summed E-state index contributed by atoms with van der Waals surface area (Å²) in [7, 11) is 3.02. The number of hydrogen-bond acceptors (Lipinski definition) is 3. The Bertz CT molecular complexity index is 430. The van der Waals surface area contributed by atoms with E-state index in [-0.39, 0.29) is 10.9 Å². The normalized spacial score (nSPS) is 10.1. The first-order chi connectivity index (χ1) is 8.60. The molecule has 0 radical (unpaired) electrons. The summed E-state index contributed by atoms with van der Waals surface area (Å²) in [6.07, 6.45) is 0. The first-order valence-electron chi connectivity index (χ1n) is 5.80. The fourth-order valence-corrected chi connectivity index (χ4v) is 2.05. The Morgan fingerprint density at radius 1 is 1.22 bits per heavy atom. The molecule has 0 aliphatic rings. The van der Waals surface area contributed by atoms with E-state index in [1.807, 2.05) is 13.8 Å². The van der Waals surface area contributed by atoms with Crippen molar-refractivity contribution in [3.8, 4) is 11.5 Å². The number of hydrogen-bond donors (Lipinski definition) is 0. The molecule has 0 saturated heterocycles. The number of rotatable bonds is 5. The van der Waals surface area contributed by atoms with Crippen LogP contribution in [-0.4, -0.2) is 38.1 Å². The van der Waals surface area contributed by atoms with Gasteiger partial charge in [-0.25, -0.2) is 0 Å². The first-order valence-corrected chi connectivity index (χ1v) is 6.18. The summed E-state index contributed by atoms with van der Waals surface area (Å²) in [5.74, 6) is 0.793. The maximum atomic E-state index is 12.2. The second-order valence-corrected chi connectivity index (χ2v) is 4.02. The predicted octanol–water partition coefficient (Wildman–Crippen LogP) is 2.84. The van der Waals surface area contributed by atoms with Crippen molar-refractivity contribution >= 4 is 17.5 Å². The molecule has 1 rings (SSSR count). The van der Waals surface area contributed by atoms with Gasteiger partial charge >= 0.3 is 0 Å². The highest BCUT2D eigenvalue weighted by molar-refractivity contribution is 6.35. The highest BCUT2D eigenvalue weighted by atomic mass is 35.5. The van der Waals surface area contributed by atoms with E-state index < -0.39 is 0 Å². The predicted molar refractivity (Wildman–Crippen MR) is 71.8 cm³/mol. The molecule has 18 heavy (non-hydrogen) atoms. The molecule has 5 heteroatoms. The van der Waals surface area contributed by atoms with Gasteiger partial charge in [0.15, 0.2) is 11.5 Å². The van der Waals surface area contributed by atoms with Crippen molar-refractivity contribution in [1.29, 1.82) is 0 Å². The van der Waals surface area contributed by atoms with Gasteiger partial charge in [-0.05, 0) is 26.0 Å². The fraction of sp³-hybridized carbons (Fsp3) is 0.462. The van der Waals surface area contributed by atoms with Gasteiger partial charge < -0.3 is 14.4 Å². The van der Waals surface area contributed by atoms with E-state index in [0.29, 0.717) is 30.2 Å². The third-order valence-corrected chi connectivity index (χ3v) is 3.14. The molecule has 1 amide bonds. The summed E-state index contributed by atoms with van der Waals surface area (Å²) in [6.45, 7) is 5.13. The van der Waals surface area contributed by atoms with Crippen molar-refractivity contribution in [2.24, 2.45) is 0 Å². The summed E-state index contributed by atoms with van der Waals surface area (Å²) in [4.78, 5) is 13.9. The Hall–Kier alpha value is -1.42. The van der Waals surface area contributed by atoms with Crippen molar-refractivity contribution in [3.05, 3.63) is 22.7 Å². The Morgan fingerprint density at radius 2 is 1.83 bits per heavy atom. The number of carbonyl (C=O) groups excluding carboxylic acids is 1. The summed E-state index contributed by atoms with van der Waals surface area (Å²) < 4.78 is 10.3. The molecule has 0 unspecified atom stereocenters. The summed E-state index contributed by atoms with van der Waals surface area (Å²) >= 11 is 6.19. The molecule has 0 saturated carbocycles. The minimum Gasteiger partial charge on any atom is -0.493 e. The minimum atomic E-state index is -0.106. The average molecular weight is 272 g/mol. The molecule has 0 aliphatic carbocycles. The lowest BCUT2D eigenvalue weighted by Gasteiger charge is -2.20. The van der Waals surface area contributed by atoms with Crippen molar-refractivity contribution in [2.75, 3.05) is 27.3 Å². The van der Waals surface area contributed by atoms with Gasteiger partial charge in [0, 0.05) is 13.1 Å². The van der Waals surface area contributed by atoms with Gasteiger partial charge in [-0.15, -0.1) is 0 Å². The van der Waals surface area contributed by atoms with Crippen LogP contribution in [0.2, 0.25) is 5.02 Å². The van der Waals surface area contributed by atoms with E-state index in [2.05, 4.69) is 0 Å². The van der Waals surface area contributed by atoms with Crippen LogP contribution >= 0.6 is 11.6 Å². The summed E-state index contributed by atoms with van der Waals surface area (Å²) in [5.41, 5.74) is 0.429. The van der Waals surface area contributed by atoms with Crippen LogP contribution in [0.3, 0.4) is 0 Å². The fourth-order valence-electron chi connectivity index (χ4n) is 1.74. The van der Waals surface area contributed by atoms with Gasteiger partial charge in [0.1, 0.15) is 0 Å². The molecule has 0 aromatic heterocycles. The number of carbonyl (C=O) groups is 1. The third-order valence-electron chi connectivity index (χ3n) is 2.77. The zero-order chi connectivity index (χ0) is 13.7. The van der Waals surface area contributed by atoms with Crippen molar-refractivity contribution in [1.82, 2.24) is 4.90 Å². The highest BCUT2D eigenvalue weighted by Crippen LogP contribution is 2.37. The zero-order valence-electron chi connectivity index (χ0n) is 11.1. The van der Waals surface area contributed by atoms with Crippen LogP contribution in [0.5, 0.6) is 11.5 Å². The maximum Gasteiger partial charge on any atom is 0.255 e. The smallest absolute Gasteiger partial charge is 0.255 e. The molecule has 4 nitrogen and oxygen atoms in total. The van der Waals surface area contributed by atoms with Crippen LogP contribution in [0, 0.1) is 0 Å². The van der Waals surface area contributed by atoms with Gasteiger partial charge in [0.25, 0.3) is 5.91 Å². The van der Waals surface area contributed by atoms with Crippen LogP contribution in [0.15, 0.2) is 12.1 Å². The molecule has 0 fully saturated rings. The molecule has 0 N–H and O–H groups in total. The lowest BCUT2D eigenvalue weighted by molar-refractivity contribution is 0.0772. The van der Waals surface area contributed by atoms with E-state index in [1.54, 1.807) is 17.0 Å². The largest absolute Gasteiger partial charge is 0.493 e. The molecule has 0 heterocycles. The van der Waals surface area contributed by atoms with Crippen LogP contribution < -0.4 is 9.47 Å². The molecular weight excluding hydrogens is 254 g/mol. The topological polar surface area (TPSA) is 38.8 Å². The highest BCUT2D eigenvalue weighted by Gasteiger charge is 2.20. The number of halogens is 1. The van der Waals surface area contributed by atoms with Gasteiger partial charge in [0.05, 0.1) is 24.8 Å². The van der Waals surface area contributed by atoms with Gasteiger partial charge in [-0.1, -0.05) is 11.6 Å². The number of nitrogens with zero attached hydrogens (tertiary/aromatic N) is 1. The standard InChI is InChI=1S/C13H18ClNO3/c1-5-15(6-2)13(16)9-7-8-10(17-3)12(18-4)11(9)14/h7-8H,5-6H2,1-4H3. The summed E-state index contributed by atoms with van der Waals surface area (Å²) in [6, 6.07) is 3.34. The SMILES string of the molecule is CCN(CC)C(=O)c1ccc(OC)c(OC)c1Cl. The van der Waals surface area contributed by atoms with Crippen LogP contribution in [0.1, 0.15) is 24.2 Å². The van der Waals surface area contributed by atoms with E-state index in [9.17, 15) is 4.79 Å². The molecular formula is C13H18ClNO3. The molecule has 100 valence electrons. The number of methoxy groups -OCH3 is 2. The quantitative estimate of drug-likeness (QED) is 0.827. The lowest BCUT2D eigenvalue weighted by atomic mass is 10.1. The lowest BCUT2D eigenvalue weighted by Crippen LogP contribution is -2.30. The average Bonchev–Trinajstić information content (AvgIpc) is 2.39. The second-order valence-electron chi connectivity index (χ2n) is 3.64. The monoisotopic (exact) mass is 271 g/mol. The zero-order valence-corrected chi connectivity index (χ0v) is 11.9. The van der Waals surface area contributed by atoms with Crippen molar-refractivity contribution in [2.45, 2.75) is 13.8 Å². The first kappa shape index (κ1) is 14.6. The molecule has 0 spiro atoms. The van der Waals surface area contributed by atoms with Gasteiger partial charge in [-0.2, -0.15) is 0 Å². The third kappa shape index (κ3) is 2.70. The van der Waals surface area contributed by atoms with E-state index in [0.717, 1.165) is 0 Å².